The number of nitrogens with one attached hydrogen (secondary N) is 1. The molecule has 0 spiro atoms. The van der Waals surface area contributed by atoms with Crippen molar-refractivity contribution < 1.29 is 9.47 Å². The van der Waals surface area contributed by atoms with Crippen LogP contribution in [0.4, 0.5) is 0 Å². The molecule has 0 saturated carbocycles. The highest BCUT2D eigenvalue weighted by Gasteiger charge is 2.24. The number of aryl methyl sites for hydroxylation is 1. The van der Waals surface area contributed by atoms with Gasteiger partial charge in [0.1, 0.15) is 17.3 Å². The second kappa shape index (κ2) is 9.42. The number of thiophene rings is 1. The summed E-state index contributed by atoms with van der Waals surface area (Å²) in [5.74, 6) is 1.82. The summed E-state index contributed by atoms with van der Waals surface area (Å²) < 4.78 is 11.5. The van der Waals surface area contributed by atoms with E-state index in [9.17, 15) is 4.79 Å². The summed E-state index contributed by atoms with van der Waals surface area (Å²) in [5.41, 5.74) is 2.30. The first kappa shape index (κ1) is 23.5. The van der Waals surface area contributed by atoms with Crippen molar-refractivity contribution in [3.63, 3.8) is 0 Å². The van der Waals surface area contributed by atoms with Crippen LogP contribution in [0.3, 0.4) is 0 Å². The van der Waals surface area contributed by atoms with Crippen molar-refractivity contribution in [2.45, 2.75) is 32.8 Å². The molecule has 1 aliphatic carbocycles. The van der Waals surface area contributed by atoms with Crippen molar-refractivity contribution in [2.75, 3.05) is 7.11 Å². The van der Waals surface area contributed by atoms with Crippen LogP contribution < -0.4 is 15.0 Å². The van der Waals surface area contributed by atoms with E-state index in [1.807, 2.05) is 0 Å². The van der Waals surface area contributed by atoms with E-state index in [0.717, 1.165) is 29.7 Å². The summed E-state index contributed by atoms with van der Waals surface area (Å²) in [4.78, 5) is 22.7. The molecule has 0 bridgehead atoms. The summed E-state index contributed by atoms with van der Waals surface area (Å²) >= 11 is 20.7. The molecular weight excluding hydrogens is 515 g/mol. The largest absolute Gasteiger partial charge is 0.493 e. The number of hydrogen-bond acceptors (Lipinski definition) is 5. The minimum absolute atomic E-state index is 0.119. The number of ether oxygens (including phenoxy) is 2. The van der Waals surface area contributed by atoms with E-state index >= 15 is 0 Å². The third-order valence-electron chi connectivity index (χ3n) is 6.09. The standard InChI is InChI=1S/C25H21Cl3N2O3S/c1-12-6-7-14-20(8-12)34-25-21(14)24(31)29-23(30-25)13-9-18(28)22(19(10-13)32-2)33-11-15-16(26)4-3-5-17(15)27/h3-5,9-10,12H,6-8,11H2,1-2H3,(H,29,30,31). The Morgan fingerprint density at radius 1 is 1.18 bits per heavy atom. The van der Waals surface area contributed by atoms with Gasteiger partial charge in [-0.1, -0.05) is 47.8 Å². The molecule has 0 amide bonds. The number of hydrogen-bond donors (Lipinski definition) is 1. The lowest BCUT2D eigenvalue weighted by molar-refractivity contribution is 0.285. The van der Waals surface area contributed by atoms with Crippen LogP contribution in [0.2, 0.25) is 15.1 Å². The van der Waals surface area contributed by atoms with E-state index in [1.165, 1.54) is 12.0 Å². The first-order chi connectivity index (χ1) is 16.4. The Morgan fingerprint density at radius 2 is 1.94 bits per heavy atom. The van der Waals surface area contributed by atoms with Crippen molar-refractivity contribution in [1.29, 1.82) is 0 Å². The van der Waals surface area contributed by atoms with E-state index < -0.39 is 0 Å². The molecule has 5 rings (SSSR count). The number of fused-ring (bicyclic) bond motifs is 3. The van der Waals surface area contributed by atoms with Gasteiger partial charge in [-0.25, -0.2) is 4.98 Å². The van der Waals surface area contributed by atoms with E-state index in [2.05, 4.69) is 11.9 Å². The van der Waals surface area contributed by atoms with Gasteiger partial charge in [0.25, 0.3) is 5.56 Å². The molecule has 0 aliphatic heterocycles. The van der Waals surface area contributed by atoms with Crippen LogP contribution in [0, 0.1) is 5.92 Å². The second-order valence-corrected chi connectivity index (χ2v) is 10.7. The second-order valence-electron chi connectivity index (χ2n) is 8.42. The van der Waals surface area contributed by atoms with Gasteiger partial charge in [0.05, 0.1) is 17.5 Å². The van der Waals surface area contributed by atoms with Crippen molar-refractivity contribution in [3.8, 4) is 22.9 Å². The van der Waals surface area contributed by atoms with Gasteiger partial charge in [0, 0.05) is 26.0 Å². The topological polar surface area (TPSA) is 64.2 Å². The lowest BCUT2D eigenvalue weighted by atomic mass is 9.89. The average molecular weight is 536 g/mol. The summed E-state index contributed by atoms with van der Waals surface area (Å²) in [6.45, 7) is 2.36. The Morgan fingerprint density at radius 3 is 2.68 bits per heavy atom. The maximum absolute atomic E-state index is 13.0. The Bertz CT molecular complexity index is 1440. The van der Waals surface area contributed by atoms with E-state index in [0.29, 0.717) is 54.8 Å². The Labute approximate surface area is 215 Å². The van der Waals surface area contributed by atoms with Gasteiger partial charge < -0.3 is 14.5 Å². The van der Waals surface area contributed by atoms with Gasteiger partial charge in [-0.3, -0.25) is 4.79 Å². The van der Waals surface area contributed by atoms with Crippen LogP contribution in [0.25, 0.3) is 21.6 Å². The van der Waals surface area contributed by atoms with Gasteiger partial charge in [-0.2, -0.15) is 0 Å². The number of rotatable bonds is 5. The zero-order chi connectivity index (χ0) is 24.0. The van der Waals surface area contributed by atoms with E-state index in [4.69, 9.17) is 49.3 Å². The number of benzene rings is 2. The predicted molar refractivity (Wildman–Crippen MR) is 139 cm³/mol. The lowest BCUT2D eigenvalue weighted by Gasteiger charge is -2.17. The van der Waals surface area contributed by atoms with Crippen molar-refractivity contribution in [1.82, 2.24) is 9.97 Å². The van der Waals surface area contributed by atoms with Crippen LogP contribution in [0.15, 0.2) is 35.1 Å². The molecule has 9 heteroatoms. The van der Waals surface area contributed by atoms with Gasteiger partial charge in [-0.05, 0) is 55.0 Å². The molecule has 4 aromatic rings. The summed E-state index contributed by atoms with van der Waals surface area (Å²) in [7, 11) is 1.53. The first-order valence-corrected chi connectivity index (χ1v) is 12.8. The molecule has 1 N–H and O–H groups in total. The van der Waals surface area contributed by atoms with Gasteiger partial charge >= 0.3 is 0 Å². The highest BCUT2D eigenvalue weighted by Crippen LogP contribution is 2.41. The number of aromatic nitrogens is 2. The molecule has 2 aromatic carbocycles. The fourth-order valence-corrected chi connectivity index (χ4v) is 6.45. The molecule has 176 valence electrons. The SMILES string of the molecule is COc1cc(-c2nc3sc4c(c3c(=O)[nH]2)CCC(C)C4)cc(Cl)c1OCc1c(Cl)cccc1Cl. The molecule has 0 saturated heterocycles. The van der Waals surface area contributed by atoms with Crippen LogP contribution in [0.5, 0.6) is 11.5 Å². The Kier molecular flexibility index (Phi) is 6.51. The highest BCUT2D eigenvalue weighted by molar-refractivity contribution is 7.18. The predicted octanol–water partition coefficient (Wildman–Crippen LogP) is 7.32. The third-order valence-corrected chi connectivity index (χ3v) is 8.23. The number of methoxy groups -OCH3 is 1. The maximum Gasteiger partial charge on any atom is 0.260 e. The molecule has 1 aliphatic rings. The molecular formula is C25H21Cl3N2O3S. The van der Waals surface area contributed by atoms with E-state index in [-0.39, 0.29) is 12.2 Å². The molecule has 1 atom stereocenters. The third kappa shape index (κ3) is 4.29. The van der Waals surface area contributed by atoms with Crippen molar-refractivity contribution in [3.05, 3.63) is 71.8 Å². The molecule has 5 nitrogen and oxygen atoms in total. The first-order valence-electron chi connectivity index (χ1n) is 10.8. The monoisotopic (exact) mass is 534 g/mol. The summed E-state index contributed by atoms with van der Waals surface area (Å²) in [6, 6.07) is 8.71. The Hall–Kier alpha value is -2.25. The van der Waals surface area contributed by atoms with Crippen LogP contribution in [-0.4, -0.2) is 17.1 Å². The van der Waals surface area contributed by atoms with Crippen LogP contribution in [0.1, 0.15) is 29.3 Å². The average Bonchev–Trinajstić information content (AvgIpc) is 3.17. The number of aromatic amines is 1. The zero-order valence-corrected chi connectivity index (χ0v) is 21.6. The maximum atomic E-state index is 13.0. The number of nitrogens with zero attached hydrogens (tertiary/aromatic N) is 1. The van der Waals surface area contributed by atoms with E-state index in [1.54, 1.807) is 41.7 Å². The fourth-order valence-electron chi connectivity index (χ4n) is 4.30. The molecule has 2 aromatic heterocycles. The zero-order valence-electron chi connectivity index (χ0n) is 18.5. The van der Waals surface area contributed by atoms with Crippen LogP contribution in [-0.2, 0) is 19.4 Å². The number of halogens is 3. The van der Waals surface area contributed by atoms with Gasteiger partial charge in [0.15, 0.2) is 11.5 Å². The summed E-state index contributed by atoms with van der Waals surface area (Å²) in [6.07, 6.45) is 3.00. The van der Waals surface area contributed by atoms with Crippen LogP contribution >= 0.6 is 46.1 Å². The molecule has 34 heavy (non-hydrogen) atoms. The molecule has 0 radical (unpaired) electrons. The smallest absolute Gasteiger partial charge is 0.260 e. The fraction of sp³-hybridized carbons (Fsp3) is 0.280. The van der Waals surface area contributed by atoms with Gasteiger partial charge in [0.2, 0.25) is 0 Å². The molecule has 1 unspecified atom stereocenters. The summed E-state index contributed by atoms with van der Waals surface area (Å²) in [5, 5.41) is 2.04. The minimum Gasteiger partial charge on any atom is -0.493 e. The number of H-pyrrole nitrogens is 1. The molecule has 2 heterocycles. The quantitative estimate of drug-likeness (QED) is 0.291. The van der Waals surface area contributed by atoms with Crippen molar-refractivity contribution >= 4 is 56.4 Å². The molecule has 0 fully saturated rings. The lowest BCUT2D eigenvalue weighted by Crippen LogP contribution is -2.13. The minimum atomic E-state index is -0.129. The highest BCUT2D eigenvalue weighted by atomic mass is 35.5. The normalized spacial score (nSPS) is 15.4. The Balaban J connectivity index is 1.51. The van der Waals surface area contributed by atoms with Crippen molar-refractivity contribution in [2.24, 2.45) is 5.92 Å². The van der Waals surface area contributed by atoms with Gasteiger partial charge in [-0.15, -0.1) is 11.3 Å².